The summed E-state index contributed by atoms with van der Waals surface area (Å²) < 4.78 is 4.79. The molecule has 2 aromatic rings. The van der Waals surface area contributed by atoms with Gasteiger partial charge in [-0.25, -0.2) is 4.79 Å². The number of methoxy groups -OCH3 is 1. The molecule has 18 heavy (non-hydrogen) atoms. The lowest BCUT2D eigenvalue weighted by Crippen LogP contribution is -2.35. The quantitative estimate of drug-likeness (QED) is 0.774. The third kappa shape index (κ3) is 1.65. The Morgan fingerprint density at radius 1 is 1.44 bits per heavy atom. The molecule has 4 heteroatoms. The molecule has 1 N–H and O–H groups in total. The highest BCUT2D eigenvalue weighted by atomic mass is 16.5. The number of aromatic nitrogens is 1. The second-order valence-corrected chi connectivity index (χ2v) is 4.77. The zero-order valence-electron chi connectivity index (χ0n) is 10.6. The van der Waals surface area contributed by atoms with Gasteiger partial charge in [-0.1, -0.05) is 12.1 Å². The van der Waals surface area contributed by atoms with Crippen molar-refractivity contribution in [1.82, 2.24) is 9.88 Å². The van der Waals surface area contributed by atoms with Gasteiger partial charge < -0.3 is 14.6 Å². The second-order valence-electron chi connectivity index (χ2n) is 4.77. The molecule has 1 aliphatic rings. The fourth-order valence-corrected chi connectivity index (χ4v) is 2.62. The Bertz CT molecular complexity index is 616. The lowest BCUT2D eigenvalue weighted by Gasteiger charge is -2.25. The maximum absolute atomic E-state index is 11.6. The van der Waals surface area contributed by atoms with E-state index in [1.165, 1.54) is 29.3 Å². The molecule has 94 valence electrons. The van der Waals surface area contributed by atoms with Gasteiger partial charge in [0.1, 0.15) is 0 Å². The SMILES string of the molecule is COC(=O)N1CCc2[nH]c3cc(C)ccc3c2C1. The van der Waals surface area contributed by atoms with E-state index in [1.54, 1.807) is 4.90 Å². The Labute approximate surface area is 106 Å². The molecule has 0 fully saturated rings. The number of ether oxygens (including phenoxy) is 1. The van der Waals surface area contributed by atoms with E-state index in [1.807, 2.05) is 0 Å². The highest BCUT2D eigenvalue weighted by Gasteiger charge is 2.24. The van der Waals surface area contributed by atoms with Crippen molar-refractivity contribution in [3.05, 3.63) is 35.0 Å². The standard InChI is InChI=1S/C14H16N2O2/c1-9-3-4-10-11-8-16(14(17)18-2)6-5-12(11)15-13(10)7-9/h3-4,7,15H,5-6,8H2,1-2H3. The molecule has 2 heterocycles. The molecule has 3 rings (SSSR count). The predicted molar refractivity (Wildman–Crippen MR) is 69.6 cm³/mol. The topological polar surface area (TPSA) is 45.3 Å². The van der Waals surface area contributed by atoms with E-state index in [0.717, 1.165) is 11.9 Å². The van der Waals surface area contributed by atoms with Crippen LogP contribution < -0.4 is 0 Å². The molecule has 0 saturated carbocycles. The number of nitrogens with one attached hydrogen (secondary N) is 1. The first-order chi connectivity index (χ1) is 8.69. The smallest absolute Gasteiger partial charge is 0.409 e. The normalized spacial score (nSPS) is 14.7. The first-order valence-corrected chi connectivity index (χ1v) is 6.12. The molecule has 0 spiro atoms. The van der Waals surface area contributed by atoms with Crippen molar-refractivity contribution >= 4 is 17.0 Å². The average Bonchev–Trinajstić information content (AvgIpc) is 2.74. The van der Waals surface area contributed by atoms with Crippen molar-refractivity contribution in [1.29, 1.82) is 0 Å². The minimum atomic E-state index is -0.248. The van der Waals surface area contributed by atoms with E-state index in [2.05, 4.69) is 30.1 Å². The lowest BCUT2D eigenvalue weighted by atomic mass is 10.0. The summed E-state index contributed by atoms with van der Waals surface area (Å²) in [6.45, 7) is 3.43. The molecule has 1 aromatic heterocycles. The molecule has 1 amide bonds. The Balaban J connectivity index is 2.04. The van der Waals surface area contributed by atoms with Crippen molar-refractivity contribution in [2.75, 3.05) is 13.7 Å². The number of carbonyl (C=O) groups is 1. The van der Waals surface area contributed by atoms with Crippen LogP contribution in [0.15, 0.2) is 18.2 Å². The van der Waals surface area contributed by atoms with Gasteiger partial charge >= 0.3 is 6.09 Å². The number of rotatable bonds is 0. The first-order valence-electron chi connectivity index (χ1n) is 6.12. The third-order valence-corrected chi connectivity index (χ3v) is 3.56. The van der Waals surface area contributed by atoms with Crippen molar-refractivity contribution in [3.63, 3.8) is 0 Å². The number of aryl methyl sites for hydroxylation is 1. The summed E-state index contributed by atoms with van der Waals surface area (Å²) in [7, 11) is 1.43. The fraction of sp³-hybridized carbons (Fsp3) is 0.357. The van der Waals surface area contributed by atoms with Crippen LogP contribution in [-0.2, 0) is 17.7 Å². The van der Waals surface area contributed by atoms with Crippen LogP contribution in [0, 0.1) is 6.92 Å². The van der Waals surface area contributed by atoms with Crippen molar-refractivity contribution in [2.24, 2.45) is 0 Å². The summed E-state index contributed by atoms with van der Waals surface area (Å²) in [5, 5.41) is 1.21. The summed E-state index contributed by atoms with van der Waals surface area (Å²) in [5.74, 6) is 0. The van der Waals surface area contributed by atoms with Gasteiger partial charge in [-0.15, -0.1) is 0 Å². The van der Waals surface area contributed by atoms with Gasteiger partial charge in [0.2, 0.25) is 0 Å². The Morgan fingerprint density at radius 3 is 3.06 bits per heavy atom. The number of aromatic amines is 1. The summed E-state index contributed by atoms with van der Waals surface area (Å²) in [4.78, 5) is 16.8. The van der Waals surface area contributed by atoms with Gasteiger partial charge in [-0.3, -0.25) is 0 Å². The van der Waals surface area contributed by atoms with Crippen molar-refractivity contribution in [2.45, 2.75) is 19.9 Å². The molecular formula is C14H16N2O2. The molecular weight excluding hydrogens is 228 g/mol. The number of benzene rings is 1. The van der Waals surface area contributed by atoms with Crippen LogP contribution in [0.2, 0.25) is 0 Å². The van der Waals surface area contributed by atoms with Gasteiger partial charge in [0.15, 0.2) is 0 Å². The molecule has 0 unspecified atom stereocenters. The number of fused-ring (bicyclic) bond motifs is 3. The molecule has 0 saturated heterocycles. The minimum absolute atomic E-state index is 0.248. The summed E-state index contributed by atoms with van der Waals surface area (Å²) in [6.07, 6.45) is 0.611. The van der Waals surface area contributed by atoms with Gasteiger partial charge in [0, 0.05) is 35.1 Å². The maximum atomic E-state index is 11.6. The monoisotopic (exact) mass is 244 g/mol. The Kier molecular flexibility index (Phi) is 2.51. The number of hydrogen-bond acceptors (Lipinski definition) is 2. The molecule has 0 atom stereocenters. The van der Waals surface area contributed by atoms with Crippen LogP contribution in [0.5, 0.6) is 0 Å². The largest absolute Gasteiger partial charge is 0.453 e. The highest BCUT2D eigenvalue weighted by molar-refractivity contribution is 5.86. The summed E-state index contributed by atoms with van der Waals surface area (Å²) >= 11 is 0. The van der Waals surface area contributed by atoms with Crippen LogP contribution in [0.25, 0.3) is 10.9 Å². The fourth-order valence-electron chi connectivity index (χ4n) is 2.62. The zero-order chi connectivity index (χ0) is 12.7. The Hall–Kier alpha value is -1.97. The molecule has 1 aromatic carbocycles. The number of H-pyrrole nitrogens is 1. The zero-order valence-corrected chi connectivity index (χ0v) is 10.6. The van der Waals surface area contributed by atoms with Crippen LogP contribution >= 0.6 is 0 Å². The lowest BCUT2D eigenvalue weighted by molar-refractivity contribution is 0.119. The van der Waals surface area contributed by atoms with Crippen LogP contribution in [0.3, 0.4) is 0 Å². The van der Waals surface area contributed by atoms with E-state index >= 15 is 0 Å². The number of nitrogens with zero attached hydrogens (tertiary/aromatic N) is 1. The number of carbonyl (C=O) groups excluding carboxylic acids is 1. The Morgan fingerprint density at radius 2 is 2.28 bits per heavy atom. The van der Waals surface area contributed by atoms with Crippen molar-refractivity contribution < 1.29 is 9.53 Å². The van der Waals surface area contributed by atoms with E-state index in [4.69, 9.17) is 4.74 Å². The number of amides is 1. The molecule has 0 bridgehead atoms. The molecule has 1 aliphatic heterocycles. The highest BCUT2D eigenvalue weighted by Crippen LogP contribution is 2.28. The maximum Gasteiger partial charge on any atom is 0.409 e. The molecule has 0 radical (unpaired) electrons. The summed E-state index contributed by atoms with van der Waals surface area (Å²) in [6, 6.07) is 6.38. The third-order valence-electron chi connectivity index (χ3n) is 3.56. The van der Waals surface area contributed by atoms with E-state index in [9.17, 15) is 4.79 Å². The second kappa shape index (κ2) is 4.05. The van der Waals surface area contributed by atoms with Gasteiger partial charge in [-0.2, -0.15) is 0 Å². The van der Waals surface area contributed by atoms with Crippen molar-refractivity contribution in [3.8, 4) is 0 Å². The summed E-state index contributed by atoms with van der Waals surface area (Å²) in [5.41, 5.74) is 4.87. The van der Waals surface area contributed by atoms with Gasteiger partial charge in [0.05, 0.1) is 13.7 Å². The number of hydrogen-bond donors (Lipinski definition) is 1. The van der Waals surface area contributed by atoms with Crippen LogP contribution in [0.4, 0.5) is 4.79 Å². The molecule has 0 aliphatic carbocycles. The molecule has 4 nitrogen and oxygen atoms in total. The minimum Gasteiger partial charge on any atom is -0.453 e. The van der Waals surface area contributed by atoms with Crippen LogP contribution in [0.1, 0.15) is 16.8 Å². The van der Waals surface area contributed by atoms with Gasteiger partial charge in [-0.05, 0) is 18.6 Å². The van der Waals surface area contributed by atoms with Gasteiger partial charge in [0.25, 0.3) is 0 Å². The average molecular weight is 244 g/mol. The first kappa shape index (κ1) is 11.1. The van der Waals surface area contributed by atoms with E-state index < -0.39 is 0 Å². The van der Waals surface area contributed by atoms with E-state index in [0.29, 0.717) is 13.1 Å². The van der Waals surface area contributed by atoms with Crippen LogP contribution in [-0.4, -0.2) is 29.6 Å². The predicted octanol–water partition coefficient (Wildman–Crippen LogP) is 2.60. The van der Waals surface area contributed by atoms with E-state index in [-0.39, 0.29) is 6.09 Å².